The van der Waals surface area contributed by atoms with E-state index in [0.29, 0.717) is 6.04 Å². The molecule has 2 nitrogen and oxygen atoms in total. The van der Waals surface area contributed by atoms with Crippen LogP contribution in [-0.2, 0) is 0 Å². The summed E-state index contributed by atoms with van der Waals surface area (Å²) >= 11 is 0. The summed E-state index contributed by atoms with van der Waals surface area (Å²) in [6.45, 7) is 7.45. The molecule has 1 unspecified atom stereocenters. The molecule has 0 aliphatic carbocycles. The largest absolute Gasteiger partial charge is 0.375 e. The van der Waals surface area contributed by atoms with Gasteiger partial charge in [-0.25, -0.2) is 0 Å². The summed E-state index contributed by atoms with van der Waals surface area (Å²) in [5.74, 6) is 0. The highest BCUT2D eigenvalue weighted by atomic mass is 15.1. The predicted octanol–water partition coefficient (Wildman–Crippen LogP) is 2.87. The van der Waals surface area contributed by atoms with Crippen molar-refractivity contribution in [2.75, 3.05) is 18.5 Å². The molecular formula is C14H24N2. The van der Waals surface area contributed by atoms with Crippen molar-refractivity contribution in [3.63, 3.8) is 0 Å². The highest BCUT2D eigenvalue weighted by Crippen LogP contribution is 2.17. The summed E-state index contributed by atoms with van der Waals surface area (Å²) in [5.41, 5.74) is 9.87. The van der Waals surface area contributed by atoms with Crippen LogP contribution in [0, 0.1) is 13.8 Å². The molecule has 0 saturated heterocycles. The zero-order valence-electron chi connectivity index (χ0n) is 11.0. The van der Waals surface area contributed by atoms with Gasteiger partial charge < -0.3 is 10.6 Å². The number of hydrogen-bond donors (Lipinski definition) is 1. The molecule has 0 amide bonds. The lowest BCUT2D eigenvalue weighted by Gasteiger charge is -2.22. The first-order valence-electron chi connectivity index (χ1n) is 6.08. The van der Waals surface area contributed by atoms with Crippen LogP contribution in [0.15, 0.2) is 18.2 Å². The van der Waals surface area contributed by atoms with Crippen LogP contribution < -0.4 is 10.6 Å². The van der Waals surface area contributed by atoms with E-state index >= 15 is 0 Å². The fraction of sp³-hybridized carbons (Fsp3) is 0.571. The van der Waals surface area contributed by atoms with Crippen molar-refractivity contribution < 1.29 is 0 Å². The Labute approximate surface area is 99.5 Å². The van der Waals surface area contributed by atoms with Gasteiger partial charge in [0.15, 0.2) is 0 Å². The quantitative estimate of drug-likeness (QED) is 0.826. The molecule has 0 spiro atoms. The molecule has 2 N–H and O–H groups in total. The maximum Gasteiger partial charge on any atom is 0.0368 e. The van der Waals surface area contributed by atoms with Crippen LogP contribution in [0.4, 0.5) is 5.69 Å². The second-order valence-electron chi connectivity index (χ2n) is 4.72. The number of hydrogen-bond acceptors (Lipinski definition) is 2. The van der Waals surface area contributed by atoms with E-state index in [4.69, 9.17) is 5.73 Å². The standard InChI is InChI=1S/C14H24N2/c1-5-13(15)6-7-16(4)14-9-11(2)8-12(3)10-14/h8-10,13H,5-7,15H2,1-4H3. The molecule has 0 fully saturated rings. The van der Waals surface area contributed by atoms with Crippen LogP contribution in [0.5, 0.6) is 0 Å². The predicted molar refractivity (Wildman–Crippen MR) is 72.1 cm³/mol. The monoisotopic (exact) mass is 220 g/mol. The Balaban J connectivity index is 2.62. The van der Waals surface area contributed by atoms with Gasteiger partial charge in [0.05, 0.1) is 0 Å². The van der Waals surface area contributed by atoms with Crippen LogP contribution in [0.3, 0.4) is 0 Å². The Hall–Kier alpha value is -1.02. The molecule has 1 atom stereocenters. The summed E-state index contributed by atoms with van der Waals surface area (Å²) in [5, 5.41) is 0. The Morgan fingerprint density at radius 3 is 2.25 bits per heavy atom. The molecule has 0 aromatic heterocycles. The van der Waals surface area contributed by atoms with Crippen molar-refractivity contribution in [3.8, 4) is 0 Å². The van der Waals surface area contributed by atoms with E-state index in [1.807, 2.05) is 0 Å². The van der Waals surface area contributed by atoms with E-state index in [2.05, 4.69) is 50.9 Å². The number of rotatable bonds is 5. The number of nitrogens with zero attached hydrogens (tertiary/aromatic N) is 1. The van der Waals surface area contributed by atoms with E-state index in [1.54, 1.807) is 0 Å². The lowest BCUT2D eigenvalue weighted by Crippen LogP contribution is -2.27. The maximum atomic E-state index is 5.93. The minimum atomic E-state index is 0.327. The summed E-state index contributed by atoms with van der Waals surface area (Å²) in [6, 6.07) is 6.98. The van der Waals surface area contributed by atoms with Crippen molar-refractivity contribution in [2.24, 2.45) is 5.73 Å². The fourth-order valence-electron chi connectivity index (χ4n) is 1.86. The van der Waals surface area contributed by atoms with Gasteiger partial charge in [-0.1, -0.05) is 13.0 Å². The lowest BCUT2D eigenvalue weighted by molar-refractivity contribution is 0.594. The summed E-state index contributed by atoms with van der Waals surface area (Å²) in [7, 11) is 2.14. The number of anilines is 1. The summed E-state index contributed by atoms with van der Waals surface area (Å²) < 4.78 is 0. The summed E-state index contributed by atoms with van der Waals surface area (Å²) in [4.78, 5) is 2.29. The minimum absolute atomic E-state index is 0.327. The molecule has 0 radical (unpaired) electrons. The molecule has 0 heterocycles. The SMILES string of the molecule is CCC(N)CCN(C)c1cc(C)cc(C)c1. The Morgan fingerprint density at radius 2 is 1.75 bits per heavy atom. The molecule has 0 bridgehead atoms. The Kier molecular flexibility index (Phi) is 4.81. The average molecular weight is 220 g/mol. The van der Waals surface area contributed by atoms with Crippen molar-refractivity contribution in [2.45, 2.75) is 39.7 Å². The topological polar surface area (TPSA) is 29.3 Å². The molecule has 1 rings (SSSR count). The maximum absolute atomic E-state index is 5.93. The van der Waals surface area contributed by atoms with E-state index in [0.717, 1.165) is 19.4 Å². The first-order chi connectivity index (χ1) is 7.52. The highest BCUT2D eigenvalue weighted by molar-refractivity contribution is 5.50. The normalized spacial score (nSPS) is 12.6. The molecule has 0 aliphatic rings. The fourth-order valence-corrected chi connectivity index (χ4v) is 1.86. The molecule has 0 saturated carbocycles. The van der Waals surface area contributed by atoms with Crippen LogP contribution in [0.1, 0.15) is 30.9 Å². The van der Waals surface area contributed by atoms with Gasteiger partial charge >= 0.3 is 0 Å². The average Bonchev–Trinajstić information content (AvgIpc) is 2.23. The third-order valence-electron chi connectivity index (χ3n) is 3.01. The third kappa shape index (κ3) is 3.86. The Bertz CT molecular complexity index is 313. The molecule has 2 heteroatoms. The number of nitrogens with two attached hydrogens (primary N) is 1. The zero-order valence-corrected chi connectivity index (χ0v) is 11.0. The van der Waals surface area contributed by atoms with Crippen LogP contribution in [0.2, 0.25) is 0 Å². The minimum Gasteiger partial charge on any atom is -0.375 e. The highest BCUT2D eigenvalue weighted by Gasteiger charge is 2.05. The first kappa shape index (κ1) is 13.0. The van der Waals surface area contributed by atoms with Gasteiger partial charge in [-0.3, -0.25) is 0 Å². The van der Waals surface area contributed by atoms with Gasteiger partial charge in [-0.05, 0) is 49.9 Å². The van der Waals surface area contributed by atoms with Crippen molar-refractivity contribution in [3.05, 3.63) is 29.3 Å². The van der Waals surface area contributed by atoms with Crippen molar-refractivity contribution in [1.82, 2.24) is 0 Å². The van der Waals surface area contributed by atoms with Crippen LogP contribution >= 0.6 is 0 Å². The van der Waals surface area contributed by atoms with Crippen molar-refractivity contribution in [1.29, 1.82) is 0 Å². The third-order valence-corrected chi connectivity index (χ3v) is 3.01. The van der Waals surface area contributed by atoms with Gasteiger partial charge in [0.1, 0.15) is 0 Å². The van der Waals surface area contributed by atoms with Crippen molar-refractivity contribution >= 4 is 5.69 Å². The smallest absolute Gasteiger partial charge is 0.0368 e. The molecular weight excluding hydrogens is 196 g/mol. The molecule has 90 valence electrons. The van der Waals surface area contributed by atoms with E-state index in [-0.39, 0.29) is 0 Å². The molecule has 0 aliphatic heterocycles. The second kappa shape index (κ2) is 5.90. The summed E-state index contributed by atoms with van der Waals surface area (Å²) in [6.07, 6.45) is 2.11. The Morgan fingerprint density at radius 1 is 1.19 bits per heavy atom. The van der Waals surface area contributed by atoms with Gasteiger partial charge in [0, 0.05) is 25.3 Å². The number of benzene rings is 1. The van der Waals surface area contributed by atoms with Gasteiger partial charge in [0.25, 0.3) is 0 Å². The molecule has 1 aromatic rings. The first-order valence-corrected chi connectivity index (χ1v) is 6.08. The van der Waals surface area contributed by atoms with E-state index in [1.165, 1.54) is 16.8 Å². The second-order valence-corrected chi connectivity index (χ2v) is 4.72. The van der Waals surface area contributed by atoms with Gasteiger partial charge in [-0.2, -0.15) is 0 Å². The number of aryl methyl sites for hydroxylation is 2. The van der Waals surface area contributed by atoms with Crippen LogP contribution in [0.25, 0.3) is 0 Å². The van der Waals surface area contributed by atoms with Gasteiger partial charge in [-0.15, -0.1) is 0 Å². The zero-order chi connectivity index (χ0) is 12.1. The van der Waals surface area contributed by atoms with Crippen LogP contribution in [-0.4, -0.2) is 19.6 Å². The van der Waals surface area contributed by atoms with E-state index < -0.39 is 0 Å². The lowest BCUT2D eigenvalue weighted by atomic mass is 10.1. The van der Waals surface area contributed by atoms with E-state index in [9.17, 15) is 0 Å². The molecule has 1 aromatic carbocycles. The van der Waals surface area contributed by atoms with Gasteiger partial charge in [0.2, 0.25) is 0 Å². The molecule has 16 heavy (non-hydrogen) atoms.